The number of nitrogens with one attached hydrogen (secondary N) is 3. The Kier molecular flexibility index (Phi) is 5.96. The van der Waals surface area contributed by atoms with E-state index in [1.165, 1.54) is 5.56 Å². The maximum atomic E-state index is 12.0. The lowest BCUT2D eigenvalue weighted by atomic mass is 10.1. The smallest absolute Gasteiger partial charge is 0.269 e. The molecule has 0 atom stereocenters. The predicted molar refractivity (Wildman–Crippen MR) is 98.8 cm³/mol. The van der Waals surface area contributed by atoms with E-state index in [4.69, 9.17) is 23.8 Å². The molecule has 4 nitrogen and oxygen atoms in total. The standard InChI is InChI=1S/C17H18ClN3OS/c1-3-12-5-7-13(8-6-12)16(22)20-21-17(23)19-14-9-4-11(2)15(18)10-14/h4-10H,3H2,1-2H3,(H,20,22)(H2,19,21,23). The van der Waals surface area contributed by atoms with Crippen LogP contribution in [0, 0.1) is 6.92 Å². The van der Waals surface area contributed by atoms with E-state index in [0.717, 1.165) is 17.7 Å². The summed E-state index contributed by atoms with van der Waals surface area (Å²) in [6.45, 7) is 3.99. The zero-order valence-corrected chi connectivity index (χ0v) is 14.5. The normalized spacial score (nSPS) is 10.0. The summed E-state index contributed by atoms with van der Waals surface area (Å²) in [6.07, 6.45) is 0.938. The molecule has 0 bridgehead atoms. The van der Waals surface area contributed by atoms with Gasteiger partial charge in [0.1, 0.15) is 0 Å². The number of carbonyl (C=O) groups excluding carboxylic acids is 1. The van der Waals surface area contributed by atoms with E-state index < -0.39 is 0 Å². The molecule has 0 saturated heterocycles. The molecule has 0 heterocycles. The van der Waals surface area contributed by atoms with Crippen molar-refractivity contribution < 1.29 is 4.79 Å². The largest absolute Gasteiger partial charge is 0.331 e. The molecule has 23 heavy (non-hydrogen) atoms. The summed E-state index contributed by atoms with van der Waals surface area (Å²) in [5.41, 5.74) is 8.71. The van der Waals surface area contributed by atoms with Crippen molar-refractivity contribution in [3.05, 3.63) is 64.2 Å². The molecule has 2 aromatic rings. The molecular weight excluding hydrogens is 330 g/mol. The zero-order valence-electron chi connectivity index (χ0n) is 12.9. The Bertz CT molecular complexity index is 716. The molecular formula is C17H18ClN3OS. The Hall–Kier alpha value is -2.11. The number of amides is 1. The van der Waals surface area contributed by atoms with Gasteiger partial charge in [-0.05, 0) is 61.0 Å². The Morgan fingerprint density at radius 3 is 2.43 bits per heavy atom. The molecule has 0 fully saturated rings. The van der Waals surface area contributed by atoms with Gasteiger partial charge in [-0.25, -0.2) is 0 Å². The number of thiocarbonyl (C=S) groups is 1. The summed E-state index contributed by atoms with van der Waals surface area (Å²) in [7, 11) is 0. The van der Waals surface area contributed by atoms with Gasteiger partial charge in [-0.1, -0.05) is 36.7 Å². The van der Waals surface area contributed by atoms with Crippen molar-refractivity contribution in [1.29, 1.82) is 0 Å². The molecule has 2 rings (SSSR count). The lowest BCUT2D eigenvalue weighted by Crippen LogP contribution is -2.43. The van der Waals surface area contributed by atoms with Gasteiger partial charge in [-0.15, -0.1) is 0 Å². The van der Waals surface area contributed by atoms with E-state index in [1.54, 1.807) is 18.2 Å². The van der Waals surface area contributed by atoms with Crippen LogP contribution in [0.15, 0.2) is 42.5 Å². The van der Waals surface area contributed by atoms with Gasteiger partial charge in [0.25, 0.3) is 5.91 Å². The lowest BCUT2D eigenvalue weighted by molar-refractivity contribution is 0.0944. The zero-order chi connectivity index (χ0) is 16.8. The number of benzene rings is 2. The molecule has 6 heteroatoms. The monoisotopic (exact) mass is 347 g/mol. The van der Waals surface area contributed by atoms with E-state index in [9.17, 15) is 4.79 Å². The summed E-state index contributed by atoms with van der Waals surface area (Å²) >= 11 is 11.2. The average Bonchev–Trinajstić information content (AvgIpc) is 2.56. The van der Waals surface area contributed by atoms with Gasteiger partial charge < -0.3 is 5.32 Å². The van der Waals surface area contributed by atoms with Crippen LogP contribution in [-0.2, 0) is 6.42 Å². The van der Waals surface area contributed by atoms with E-state index in [0.29, 0.717) is 10.6 Å². The highest BCUT2D eigenvalue weighted by atomic mass is 35.5. The molecule has 1 amide bonds. The number of rotatable bonds is 3. The number of anilines is 1. The van der Waals surface area contributed by atoms with Crippen molar-refractivity contribution in [1.82, 2.24) is 10.9 Å². The first-order valence-corrected chi connectivity index (χ1v) is 8.00. The minimum Gasteiger partial charge on any atom is -0.331 e. The molecule has 0 radical (unpaired) electrons. The SMILES string of the molecule is CCc1ccc(C(=O)NNC(=S)Nc2ccc(C)c(Cl)c2)cc1. The van der Waals surface area contributed by atoms with Crippen LogP contribution in [0.4, 0.5) is 5.69 Å². The Morgan fingerprint density at radius 2 is 1.83 bits per heavy atom. The second-order valence-electron chi connectivity index (χ2n) is 5.05. The van der Waals surface area contributed by atoms with Gasteiger partial charge >= 0.3 is 0 Å². The highest BCUT2D eigenvalue weighted by molar-refractivity contribution is 7.80. The van der Waals surface area contributed by atoms with Crippen LogP contribution in [0.25, 0.3) is 0 Å². The van der Waals surface area contributed by atoms with Gasteiger partial charge in [0.05, 0.1) is 0 Å². The Labute approximate surface area is 146 Å². The second kappa shape index (κ2) is 7.94. The van der Waals surface area contributed by atoms with Crippen LogP contribution in [0.1, 0.15) is 28.4 Å². The first kappa shape index (κ1) is 17.2. The van der Waals surface area contributed by atoms with Crippen LogP contribution < -0.4 is 16.2 Å². The van der Waals surface area contributed by atoms with Crippen LogP contribution in [0.5, 0.6) is 0 Å². The van der Waals surface area contributed by atoms with Crippen molar-refractivity contribution in [2.45, 2.75) is 20.3 Å². The average molecular weight is 348 g/mol. The van der Waals surface area contributed by atoms with E-state index >= 15 is 0 Å². The number of hydrogen-bond acceptors (Lipinski definition) is 2. The minimum atomic E-state index is -0.251. The first-order valence-electron chi connectivity index (χ1n) is 7.22. The van der Waals surface area contributed by atoms with Gasteiger partial charge in [0.15, 0.2) is 5.11 Å². The van der Waals surface area contributed by atoms with Crippen LogP contribution in [0.3, 0.4) is 0 Å². The third-order valence-electron chi connectivity index (χ3n) is 3.34. The van der Waals surface area contributed by atoms with Crippen molar-refractivity contribution >= 4 is 40.5 Å². The summed E-state index contributed by atoms with van der Waals surface area (Å²) < 4.78 is 0. The number of hydrogen-bond donors (Lipinski definition) is 3. The molecule has 0 saturated carbocycles. The quantitative estimate of drug-likeness (QED) is 0.583. The second-order valence-corrected chi connectivity index (χ2v) is 5.86. The van der Waals surface area contributed by atoms with E-state index in [-0.39, 0.29) is 11.0 Å². The summed E-state index contributed by atoms with van der Waals surface area (Å²) in [4.78, 5) is 12.0. The Morgan fingerprint density at radius 1 is 1.13 bits per heavy atom. The highest BCUT2D eigenvalue weighted by Gasteiger charge is 2.06. The van der Waals surface area contributed by atoms with Crippen molar-refractivity contribution in [2.75, 3.05) is 5.32 Å². The topological polar surface area (TPSA) is 53.2 Å². The maximum Gasteiger partial charge on any atom is 0.269 e. The first-order chi connectivity index (χ1) is 11.0. The molecule has 0 unspecified atom stereocenters. The Balaban J connectivity index is 1.87. The van der Waals surface area contributed by atoms with Crippen LogP contribution in [0.2, 0.25) is 5.02 Å². The summed E-state index contributed by atoms with van der Waals surface area (Å²) in [5, 5.41) is 3.89. The van der Waals surface area contributed by atoms with Gasteiger partial charge in [-0.3, -0.25) is 15.6 Å². The van der Waals surface area contributed by atoms with Gasteiger partial charge in [0, 0.05) is 16.3 Å². The minimum absolute atomic E-state index is 0.251. The number of aryl methyl sites for hydroxylation is 2. The molecule has 120 valence electrons. The summed E-state index contributed by atoms with van der Waals surface area (Å²) in [6, 6.07) is 13.0. The molecule has 0 aromatic heterocycles. The van der Waals surface area contributed by atoms with Gasteiger partial charge in [0.2, 0.25) is 0 Å². The van der Waals surface area contributed by atoms with E-state index in [2.05, 4.69) is 23.1 Å². The molecule has 0 aliphatic carbocycles. The van der Waals surface area contributed by atoms with Crippen molar-refractivity contribution in [2.24, 2.45) is 0 Å². The van der Waals surface area contributed by atoms with Crippen LogP contribution >= 0.6 is 23.8 Å². The van der Waals surface area contributed by atoms with E-state index in [1.807, 2.05) is 31.2 Å². The fraction of sp³-hybridized carbons (Fsp3) is 0.176. The fourth-order valence-electron chi connectivity index (χ4n) is 1.91. The molecule has 0 spiro atoms. The lowest BCUT2D eigenvalue weighted by Gasteiger charge is -2.12. The predicted octanol–water partition coefficient (Wildman–Crippen LogP) is 3.84. The third kappa shape index (κ3) is 4.94. The number of hydrazine groups is 1. The van der Waals surface area contributed by atoms with Crippen molar-refractivity contribution in [3.8, 4) is 0 Å². The fourth-order valence-corrected chi connectivity index (χ4v) is 2.26. The molecule has 0 aliphatic rings. The molecule has 0 aliphatic heterocycles. The third-order valence-corrected chi connectivity index (χ3v) is 3.95. The number of halogens is 1. The maximum absolute atomic E-state index is 12.0. The summed E-state index contributed by atoms with van der Waals surface area (Å²) in [5.74, 6) is -0.251. The van der Waals surface area contributed by atoms with Crippen molar-refractivity contribution in [3.63, 3.8) is 0 Å². The molecule has 2 aromatic carbocycles. The highest BCUT2D eigenvalue weighted by Crippen LogP contribution is 2.19. The van der Waals surface area contributed by atoms with Gasteiger partial charge in [-0.2, -0.15) is 0 Å². The number of carbonyl (C=O) groups is 1. The van der Waals surface area contributed by atoms with Crippen LogP contribution in [-0.4, -0.2) is 11.0 Å². The molecule has 3 N–H and O–H groups in total.